The van der Waals surface area contributed by atoms with Crippen molar-refractivity contribution in [3.8, 4) is 11.1 Å². The Labute approximate surface area is 211 Å². The smallest absolute Gasteiger partial charge is 0.411 e. The molecule has 8 heteroatoms. The van der Waals surface area contributed by atoms with Crippen LogP contribution in [0.15, 0.2) is 48.5 Å². The van der Waals surface area contributed by atoms with Crippen LogP contribution in [0, 0.1) is 5.92 Å². The van der Waals surface area contributed by atoms with E-state index in [-0.39, 0.29) is 24.1 Å². The first-order chi connectivity index (χ1) is 17.0. The fourth-order valence-electron chi connectivity index (χ4n) is 4.02. The summed E-state index contributed by atoms with van der Waals surface area (Å²) in [6, 6.07) is 13.3. The van der Waals surface area contributed by atoms with Gasteiger partial charge in [0.15, 0.2) is 18.2 Å². The lowest BCUT2D eigenvalue weighted by atomic mass is 10.0. The average molecular weight is 496 g/mol. The summed E-state index contributed by atoms with van der Waals surface area (Å²) in [5.41, 5.74) is 2.07. The van der Waals surface area contributed by atoms with Crippen molar-refractivity contribution in [2.75, 3.05) is 26.9 Å². The van der Waals surface area contributed by atoms with Crippen LogP contribution in [0.25, 0.3) is 11.1 Å². The molecule has 1 amide bonds. The molecule has 2 atom stereocenters. The van der Waals surface area contributed by atoms with E-state index in [9.17, 15) is 19.2 Å². The van der Waals surface area contributed by atoms with E-state index in [2.05, 4.69) is 0 Å². The third kappa shape index (κ3) is 7.01. The highest BCUT2D eigenvalue weighted by atomic mass is 16.6. The highest BCUT2D eigenvalue weighted by Gasteiger charge is 2.41. The van der Waals surface area contributed by atoms with Gasteiger partial charge in [-0.05, 0) is 44.2 Å². The van der Waals surface area contributed by atoms with Gasteiger partial charge in [0, 0.05) is 24.8 Å². The number of rotatable bonds is 8. The van der Waals surface area contributed by atoms with E-state index in [4.69, 9.17) is 14.2 Å². The summed E-state index contributed by atoms with van der Waals surface area (Å²) in [5.74, 6) is -0.935. The monoisotopic (exact) mass is 495 g/mol. The third-order valence-corrected chi connectivity index (χ3v) is 5.78. The molecule has 1 heterocycles. The number of amides is 1. The number of ether oxygens (including phenoxy) is 3. The Morgan fingerprint density at radius 2 is 1.36 bits per heavy atom. The summed E-state index contributed by atoms with van der Waals surface area (Å²) in [6.45, 7) is 7.25. The van der Waals surface area contributed by atoms with Crippen molar-refractivity contribution in [1.82, 2.24) is 4.90 Å². The molecule has 0 spiro atoms. The Bertz CT molecular complexity index is 1100. The topological polar surface area (TPSA) is 99.2 Å². The molecule has 0 radical (unpaired) electrons. The van der Waals surface area contributed by atoms with Gasteiger partial charge in [0.2, 0.25) is 0 Å². The van der Waals surface area contributed by atoms with Gasteiger partial charge >= 0.3 is 12.1 Å². The lowest BCUT2D eigenvalue weighted by Gasteiger charge is -2.27. The number of hydrogen-bond donors (Lipinski definition) is 0. The van der Waals surface area contributed by atoms with E-state index in [1.165, 1.54) is 12.0 Å². The summed E-state index contributed by atoms with van der Waals surface area (Å²) in [7, 11) is 1.48. The molecule has 1 aliphatic rings. The molecule has 0 aromatic heterocycles. The SMILES string of the molecule is COCC(=O)c1ccc(-c2ccc(C(=O)COC(=O)C3CC(C)CN3C(=O)OC(C)(C)C)cc2)cc1. The standard InChI is InChI=1S/C28H33NO7/c1-18-14-23(29(15-18)27(33)36-28(2,3)4)26(32)35-17-25(31)22-12-8-20(9-13-22)19-6-10-21(11-7-19)24(30)16-34-5/h6-13,18,23H,14-17H2,1-5H3. The van der Waals surface area contributed by atoms with Gasteiger partial charge < -0.3 is 14.2 Å². The molecule has 0 bridgehead atoms. The van der Waals surface area contributed by atoms with Crippen molar-refractivity contribution in [3.63, 3.8) is 0 Å². The molecule has 2 aromatic rings. The highest BCUT2D eigenvalue weighted by Crippen LogP contribution is 2.26. The molecule has 1 fully saturated rings. The van der Waals surface area contributed by atoms with Crippen molar-refractivity contribution in [2.45, 2.75) is 45.8 Å². The predicted molar refractivity (Wildman–Crippen MR) is 134 cm³/mol. The van der Waals surface area contributed by atoms with E-state index in [1.54, 1.807) is 57.2 Å². The van der Waals surface area contributed by atoms with Gasteiger partial charge in [0.25, 0.3) is 0 Å². The summed E-state index contributed by atoms with van der Waals surface area (Å²) in [4.78, 5) is 51.1. The minimum Gasteiger partial charge on any atom is -0.456 e. The summed E-state index contributed by atoms with van der Waals surface area (Å²) >= 11 is 0. The largest absolute Gasteiger partial charge is 0.456 e. The van der Waals surface area contributed by atoms with Gasteiger partial charge in [-0.25, -0.2) is 9.59 Å². The predicted octanol–water partition coefficient (Wildman–Crippen LogP) is 4.55. The molecule has 0 aliphatic carbocycles. The average Bonchev–Trinajstić information content (AvgIpc) is 3.23. The molecule has 2 aromatic carbocycles. The van der Waals surface area contributed by atoms with Gasteiger partial charge in [-0.1, -0.05) is 55.5 Å². The van der Waals surface area contributed by atoms with Crippen molar-refractivity contribution < 1.29 is 33.4 Å². The molecule has 0 saturated carbocycles. The number of carbonyl (C=O) groups is 4. The number of esters is 1. The zero-order valence-corrected chi connectivity index (χ0v) is 21.4. The fraction of sp³-hybridized carbons (Fsp3) is 0.429. The maximum atomic E-state index is 12.7. The zero-order chi connectivity index (χ0) is 26.5. The van der Waals surface area contributed by atoms with Crippen LogP contribution in [0.3, 0.4) is 0 Å². The molecule has 8 nitrogen and oxygen atoms in total. The normalized spacial score (nSPS) is 17.5. The Balaban J connectivity index is 1.58. The number of nitrogens with zero attached hydrogens (tertiary/aromatic N) is 1. The maximum Gasteiger partial charge on any atom is 0.411 e. The van der Waals surface area contributed by atoms with E-state index in [1.807, 2.05) is 19.1 Å². The van der Waals surface area contributed by atoms with Crippen LogP contribution in [0.1, 0.15) is 54.8 Å². The lowest BCUT2D eigenvalue weighted by Crippen LogP contribution is -2.44. The van der Waals surface area contributed by atoms with Gasteiger partial charge in [-0.3, -0.25) is 14.5 Å². The number of carbonyl (C=O) groups excluding carboxylic acids is 4. The number of likely N-dealkylation sites (tertiary alicyclic amines) is 1. The number of methoxy groups -OCH3 is 1. The van der Waals surface area contributed by atoms with Crippen molar-refractivity contribution in [2.24, 2.45) is 5.92 Å². The molecule has 1 aliphatic heterocycles. The van der Waals surface area contributed by atoms with Crippen LogP contribution in [0.5, 0.6) is 0 Å². The zero-order valence-electron chi connectivity index (χ0n) is 21.4. The van der Waals surface area contributed by atoms with E-state index < -0.39 is 30.3 Å². The number of ketones is 2. The first kappa shape index (κ1) is 27.1. The van der Waals surface area contributed by atoms with Crippen LogP contribution < -0.4 is 0 Å². The minimum absolute atomic E-state index is 0.0273. The Morgan fingerprint density at radius 1 is 0.861 bits per heavy atom. The second-order valence-corrected chi connectivity index (χ2v) is 10.0. The molecule has 2 unspecified atom stereocenters. The molecule has 1 saturated heterocycles. The van der Waals surface area contributed by atoms with Gasteiger partial charge in [-0.15, -0.1) is 0 Å². The first-order valence-electron chi connectivity index (χ1n) is 11.9. The highest BCUT2D eigenvalue weighted by molar-refractivity contribution is 5.99. The quantitative estimate of drug-likeness (QED) is 0.391. The molecule has 3 rings (SSSR count). The van der Waals surface area contributed by atoms with Crippen molar-refractivity contribution in [1.29, 1.82) is 0 Å². The van der Waals surface area contributed by atoms with Crippen LogP contribution >= 0.6 is 0 Å². The van der Waals surface area contributed by atoms with Gasteiger partial charge in [0.1, 0.15) is 18.2 Å². The van der Waals surface area contributed by atoms with E-state index in [0.717, 1.165) is 11.1 Å². The number of Topliss-reactive ketones (excluding diaryl/α,β-unsaturated/α-hetero) is 2. The second kappa shape index (κ2) is 11.5. The van der Waals surface area contributed by atoms with Gasteiger partial charge in [0.05, 0.1) is 0 Å². The molecule has 192 valence electrons. The molecule has 0 N–H and O–H groups in total. The van der Waals surface area contributed by atoms with Crippen LogP contribution in [0.4, 0.5) is 4.79 Å². The molecular formula is C28H33NO7. The molecular weight excluding hydrogens is 462 g/mol. The number of benzene rings is 2. The second-order valence-electron chi connectivity index (χ2n) is 10.0. The van der Waals surface area contributed by atoms with Crippen LogP contribution in [-0.2, 0) is 19.0 Å². The first-order valence-corrected chi connectivity index (χ1v) is 11.9. The van der Waals surface area contributed by atoms with Gasteiger partial charge in [-0.2, -0.15) is 0 Å². The number of hydrogen-bond acceptors (Lipinski definition) is 7. The lowest BCUT2D eigenvalue weighted by molar-refractivity contribution is -0.147. The van der Waals surface area contributed by atoms with Crippen LogP contribution in [-0.4, -0.2) is 67.0 Å². The third-order valence-electron chi connectivity index (χ3n) is 5.78. The Morgan fingerprint density at radius 3 is 1.83 bits per heavy atom. The van der Waals surface area contributed by atoms with Crippen molar-refractivity contribution in [3.05, 3.63) is 59.7 Å². The van der Waals surface area contributed by atoms with E-state index in [0.29, 0.717) is 24.1 Å². The summed E-state index contributed by atoms with van der Waals surface area (Å²) in [6.07, 6.45) is -0.108. The molecule has 36 heavy (non-hydrogen) atoms. The van der Waals surface area contributed by atoms with Crippen molar-refractivity contribution >= 4 is 23.6 Å². The Hall–Kier alpha value is -3.52. The fourth-order valence-corrected chi connectivity index (χ4v) is 4.02. The van der Waals surface area contributed by atoms with Crippen LogP contribution in [0.2, 0.25) is 0 Å². The summed E-state index contributed by atoms with van der Waals surface area (Å²) in [5, 5.41) is 0. The van der Waals surface area contributed by atoms with E-state index >= 15 is 0 Å². The minimum atomic E-state index is -0.774. The maximum absolute atomic E-state index is 12.7. The Kier molecular flexibility index (Phi) is 8.63. The summed E-state index contributed by atoms with van der Waals surface area (Å²) < 4.78 is 15.6.